The van der Waals surface area contributed by atoms with Gasteiger partial charge >= 0.3 is 0 Å². The molecule has 0 amide bonds. The van der Waals surface area contributed by atoms with Gasteiger partial charge in [0.1, 0.15) is 0 Å². The monoisotopic (exact) mass is 259 g/mol. The summed E-state index contributed by atoms with van der Waals surface area (Å²) >= 11 is 1.69. The lowest BCUT2D eigenvalue weighted by Gasteiger charge is -2.22. The number of rotatable bonds is 1. The molecule has 2 heterocycles. The maximum atomic E-state index is 12.2. The van der Waals surface area contributed by atoms with Gasteiger partial charge in [-0.25, -0.2) is 9.97 Å². The van der Waals surface area contributed by atoms with Crippen LogP contribution in [0.3, 0.4) is 0 Å². The third kappa shape index (κ3) is 1.80. The van der Waals surface area contributed by atoms with Gasteiger partial charge in [-0.3, -0.25) is 4.79 Å². The molecule has 0 aliphatic heterocycles. The molecule has 1 aliphatic carbocycles. The van der Waals surface area contributed by atoms with E-state index in [1.54, 1.807) is 11.3 Å². The Morgan fingerprint density at radius 3 is 2.94 bits per heavy atom. The van der Waals surface area contributed by atoms with E-state index in [1.807, 2.05) is 18.4 Å². The number of aromatic nitrogens is 2. The molecule has 0 radical (unpaired) electrons. The highest BCUT2D eigenvalue weighted by Gasteiger charge is 2.29. The molecule has 0 saturated heterocycles. The summed E-state index contributed by atoms with van der Waals surface area (Å²) < 4.78 is 0. The van der Waals surface area contributed by atoms with Gasteiger partial charge in [-0.05, 0) is 24.8 Å². The smallest absolute Gasteiger partial charge is 0.220 e. The number of thiophene rings is 1. The minimum Gasteiger partial charge on any atom is -0.368 e. The summed E-state index contributed by atoms with van der Waals surface area (Å²) in [4.78, 5) is 21.8. The summed E-state index contributed by atoms with van der Waals surface area (Å²) in [6.07, 6.45) is 1.32. The number of nitrogens with two attached hydrogens (primary N) is 1. The molecule has 3 rings (SSSR count). The molecule has 92 valence electrons. The van der Waals surface area contributed by atoms with Crippen molar-refractivity contribution in [3.63, 3.8) is 0 Å². The average molecular weight is 259 g/mol. The lowest BCUT2D eigenvalue weighted by atomic mass is 9.84. The van der Waals surface area contributed by atoms with E-state index in [2.05, 4.69) is 16.0 Å². The van der Waals surface area contributed by atoms with Crippen molar-refractivity contribution in [2.75, 3.05) is 5.73 Å². The van der Waals surface area contributed by atoms with E-state index in [-0.39, 0.29) is 17.6 Å². The second kappa shape index (κ2) is 4.17. The number of carbonyl (C=O) groups excluding carboxylic acids is 1. The van der Waals surface area contributed by atoms with Crippen LogP contribution in [0.4, 0.5) is 5.95 Å². The Labute approximate surface area is 109 Å². The van der Waals surface area contributed by atoms with Crippen LogP contribution >= 0.6 is 11.3 Å². The van der Waals surface area contributed by atoms with Gasteiger partial charge in [0.15, 0.2) is 5.78 Å². The van der Waals surface area contributed by atoms with Gasteiger partial charge in [0.2, 0.25) is 5.95 Å². The minimum atomic E-state index is 0.132. The Bertz CT molecular complexity index is 607. The fourth-order valence-electron chi connectivity index (χ4n) is 2.52. The molecule has 2 aromatic heterocycles. The summed E-state index contributed by atoms with van der Waals surface area (Å²) in [5, 5.41) is 2.04. The third-order valence-corrected chi connectivity index (χ3v) is 4.31. The van der Waals surface area contributed by atoms with Crippen molar-refractivity contribution in [1.82, 2.24) is 9.97 Å². The predicted molar refractivity (Wildman–Crippen MR) is 70.9 cm³/mol. The number of fused-ring (bicyclic) bond motifs is 1. The first kappa shape index (κ1) is 11.3. The van der Waals surface area contributed by atoms with Crippen LogP contribution < -0.4 is 5.73 Å². The fourth-order valence-corrected chi connectivity index (χ4v) is 3.35. The number of aryl methyl sites for hydroxylation is 1. The molecule has 1 atom stereocenters. The van der Waals surface area contributed by atoms with Crippen molar-refractivity contribution in [2.45, 2.75) is 25.7 Å². The zero-order valence-corrected chi connectivity index (χ0v) is 10.8. The van der Waals surface area contributed by atoms with E-state index < -0.39 is 0 Å². The molecule has 0 saturated carbocycles. The third-order valence-electron chi connectivity index (χ3n) is 3.28. The number of nitrogens with zero attached hydrogens (tertiary/aromatic N) is 2. The summed E-state index contributed by atoms with van der Waals surface area (Å²) in [5.74, 6) is 0.622. The Morgan fingerprint density at radius 2 is 2.22 bits per heavy atom. The zero-order chi connectivity index (χ0) is 12.7. The minimum absolute atomic E-state index is 0.132. The maximum Gasteiger partial charge on any atom is 0.220 e. The Morgan fingerprint density at radius 1 is 1.39 bits per heavy atom. The van der Waals surface area contributed by atoms with Crippen molar-refractivity contribution in [3.8, 4) is 0 Å². The first-order valence-electron chi connectivity index (χ1n) is 5.84. The van der Waals surface area contributed by atoms with Crippen LogP contribution in [-0.2, 0) is 6.42 Å². The SMILES string of the molecule is Cc1nc(N)nc2c1C(=O)C[C@H](c1cccs1)C2. The number of hydrogen-bond donors (Lipinski definition) is 1. The van der Waals surface area contributed by atoms with Gasteiger partial charge in [-0.15, -0.1) is 11.3 Å². The first-order valence-corrected chi connectivity index (χ1v) is 6.72. The van der Waals surface area contributed by atoms with Crippen LogP contribution in [0, 0.1) is 6.92 Å². The molecule has 5 heteroatoms. The van der Waals surface area contributed by atoms with Gasteiger partial charge in [0.05, 0.1) is 17.0 Å². The van der Waals surface area contributed by atoms with Crippen molar-refractivity contribution < 1.29 is 4.79 Å². The highest BCUT2D eigenvalue weighted by molar-refractivity contribution is 7.10. The maximum absolute atomic E-state index is 12.2. The van der Waals surface area contributed by atoms with E-state index in [9.17, 15) is 4.79 Å². The summed E-state index contributed by atoms with van der Waals surface area (Å²) in [7, 11) is 0. The number of anilines is 1. The van der Waals surface area contributed by atoms with Gasteiger partial charge in [-0.2, -0.15) is 0 Å². The van der Waals surface area contributed by atoms with Gasteiger partial charge in [-0.1, -0.05) is 6.07 Å². The summed E-state index contributed by atoms with van der Waals surface area (Å²) in [6, 6.07) is 4.09. The summed E-state index contributed by atoms with van der Waals surface area (Å²) in [5.41, 5.74) is 7.84. The molecule has 2 aromatic rings. The molecule has 0 fully saturated rings. The summed E-state index contributed by atoms with van der Waals surface area (Å²) in [6.45, 7) is 1.82. The van der Waals surface area contributed by atoms with Crippen LogP contribution in [0.1, 0.15) is 39.0 Å². The lowest BCUT2D eigenvalue weighted by molar-refractivity contribution is 0.0962. The molecule has 1 aliphatic rings. The highest BCUT2D eigenvalue weighted by atomic mass is 32.1. The van der Waals surface area contributed by atoms with Gasteiger partial charge < -0.3 is 5.73 Å². The highest BCUT2D eigenvalue weighted by Crippen LogP contribution is 2.34. The molecule has 4 nitrogen and oxygen atoms in total. The number of hydrogen-bond acceptors (Lipinski definition) is 5. The van der Waals surface area contributed by atoms with Crippen LogP contribution in [0.5, 0.6) is 0 Å². The van der Waals surface area contributed by atoms with Crippen LogP contribution in [0.25, 0.3) is 0 Å². The second-order valence-electron chi connectivity index (χ2n) is 4.53. The van der Waals surface area contributed by atoms with Crippen molar-refractivity contribution in [2.24, 2.45) is 0 Å². The topological polar surface area (TPSA) is 68.9 Å². The van der Waals surface area contributed by atoms with Crippen LogP contribution in [0.2, 0.25) is 0 Å². The molecular weight excluding hydrogens is 246 g/mol. The molecule has 18 heavy (non-hydrogen) atoms. The fraction of sp³-hybridized carbons (Fsp3) is 0.308. The molecule has 0 bridgehead atoms. The Kier molecular flexibility index (Phi) is 2.63. The largest absolute Gasteiger partial charge is 0.368 e. The molecule has 2 N–H and O–H groups in total. The van der Waals surface area contributed by atoms with Crippen molar-refractivity contribution in [1.29, 1.82) is 0 Å². The van der Waals surface area contributed by atoms with Gasteiger partial charge in [0.25, 0.3) is 0 Å². The van der Waals surface area contributed by atoms with E-state index in [4.69, 9.17) is 5.73 Å². The standard InChI is InChI=1S/C13H13N3OS/c1-7-12-9(16-13(14)15-7)5-8(6-10(12)17)11-3-2-4-18-11/h2-4,8H,5-6H2,1H3,(H2,14,15,16)/t8-/m1/s1. The lowest BCUT2D eigenvalue weighted by Crippen LogP contribution is -2.22. The van der Waals surface area contributed by atoms with E-state index in [1.165, 1.54) is 4.88 Å². The van der Waals surface area contributed by atoms with Crippen LogP contribution in [-0.4, -0.2) is 15.8 Å². The normalized spacial score (nSPS) is 18.7. The average Bonchev–Trinajstić information content (AvgIpc) is 2.80. The molecule has 0 unspecified atom stereocenters. The Hall–Kier alpha value is -1.75. The van der Waals surface area contributed by atoms with Gasteiger partial charge in [0, 0.05) is 17.2 Å². The van der Waals surface area contributed by atoms with Crippen molar-refractivity contribution >= 4 is 23.1 Å². The number of carbonyl (C=O) groups is 1. The second-order valence-corrected chi connectivity index (χ2v) is 5.51. The first-order chi connectivity index (χ1) is 8.65. The molecule has 0 aromatic carbocycles. The Balaban J connectivity index is 2.04. The van der Waals surface area contributed by atoms with Crippen LogP contribution in [0.15, 0.2) is 17.5 Å². The molecular formula is C13H13N3OS. The predicted octanol–water partition coefficient (Wildman–Crippen LogP) is 2.34. The van der Waals surface area contributed by atoms with Crippen molar-refractivity contribution in [3.05, 3.63) is 39.3 Å². The molecule has 0 spiro atoms. The zero-order valence-electron chi connectivity index (χ0n) is 10.0. The number of nitrogen functional groups attached to an aromatic ring is 1. The van der Waals surface area contributed by atoms with E-state index in [0.717, 1.165) is 12.1 Å². The van der Waals surface area contributed by atoms with E-state index >= 15 is 0 Å². The van der Waals surface area contributed by atoms with E-state index in [0.29, 0.717) is 17.7 Å². The number of ketones is 1. The quantitative estimate of drug-likeness (QED) is 0.853. The number of Topliss-reactive ketones (excluding diaryl/α,β-unsaturated/α-hetero) is 1.